The van der Waals surface area contributed by atoms with Crippen LogP contribution in [0.5, 0.6) is 11.5 Å². The van der Waals surface area contributed by atoms with Crippen molar-refractivity contribution in [2.45, 2.75) is 51.7 Å². The summed E-state index contributed by atoms with van der Waals surface area (Å²) < 4.78 is 22.3. The fraction of sp³-hybridized carbons (Fsp3) is 0.682. The van der Waals surface area contributed by atoms with Gasteiger partial charge in [0.05, 0.1) is 33.0 Å². The Balaban J connectivity index is 1.93. The van der Waals surface area contributed by atoms with Gasteiger partial charge in [-0.25, -0.2) is 4.99 Å². The van der Waals surface area contributed by atoms with E-state index in [2.05, 4.69) is 23.6 Å². The molecule has 7 heteroatoms. The Kier molecular flexibility index (Phi) is 11.3. The number of guanidine groups is 1. The van der Waals surface area contributed by atoms with Gasteiger partial charge in [-0.1, -0.05) is 12.1 Å². The minimum Gasteiger partial charge on any atom is -0.493 e. The van der Waals surface area contributed by atoms with Gasteiger partial charge in [0.25, 0.3) is 0 Å². The highest BCUT2D eigenvalue weighted by Gasteiger charge is 2.20. The molecule has 2 N–H and O–H groups in total. The number of rotatable bonds is 13. The number of ether oxygens (including phenoxy) is 4. The molecule has 0 atom stereocenters. The Labute approximate surface area is 175 Å². The number of hydrogen-bond donors (Lipinski definition) is 2. The molecule has 1 aliphatic carbocycles. The van der Waals surface area contributed by atoms with Crippen LogP contribution in [0.4, 0.5) is 0 Å². The SMILES string of the molecule is CCNC(=NCc1cccc(OC)c1OC1CCCC1)NCCCOCCOC. The van der Waals surface area contributed by atoms with Gasteiger partial charge >= 0.3 is 0 Å². The van der Waals surface area contributed by atoms with Crippen molar-refractivity contribution >= 4 is 5.96 Å². The molecular weight excluding hydrogens is 370 g/mol. The summed E-state index contributed by atoms with van der Waals surface area (Å²) in [6.45, 7) is 6.14. The Morgan fingerprint density at radius 2 is 1.93 bits per heavy atom. The lowest BCUT2D eigenvalue weighted by Crippen LogP contribution is -2.38. The van der Waals surface area contributed by atoms with E-state index in [1.165, 1.54) is 12.8 Å². The van der Waals surface area contributed by atoms with Crippen LogP contribution in [0.25, 0.3) is 0 Å². The smallest absolute Gasteiger partial charge is 0.191 e. The average Bonchev–Trinajstić information content (AvgIpc) is 3.25. The first kappa shape index (κ1) is 23.3. The van der Waals surface area contributed by atoms with Gasteiger partial charge in [-0.2, -0.15) is 0 Å². The maximum Gasteiger partial charge on any atom is 0.191 e. The number of methoxy groups -OCH3 is 2. The van der Waals surface area contributed by atoms with Gasteiger partial charge in [-0.15, -0.1) is 0 Å². The van der Waals surface area contributed by atoms with Gasteiger partial charge < -0.3 is 29.6 Å². The predicted molar refractivity (Wildman–Crippen MR) is 116 cm³/mol. The molecule has 0 radical (unpaired) electrons. The molecule has 1 saturated carbocycles. The maximum atomic E-state index is 6.30. The van der Waals surface area contributed by atoms with Crippen molar-refractivity contribution in [1.29, 1.82) is 0 Å². The molecule has 1 aromatic rings. The van der Waals surface area contributed by atoms with Crippen LogP contribution in [0.15, 0.2) is 23.2 Å². The molecule has 0 unspecified atom stereocenters. The average molecular weight is 408 g/mol. The van der Waals surface area contributed by atoms with Crippen molar-refractivity contribution < 1.29 is 18.9 Å². The maximum absolute atomic E-state index is 6.30. The minimum absolute atomic E-state index is 0.276. The summed E-state index contributed by atoms with van der Waals surface area (Å²) in [7, 11) is 3.36. The third-order valence-electron chi connectivity index (χ3n) is 4.81. The van der Waals surface area contributed by atoms with Gasteiger partial charge in [0.15, 0.2) is 17.5 Å². The lowest BCUT2D eigenvalue weighted by Gasteiger charge is -2.19. The molecule has 0 bridgehead atoms. The highest BCUT2D eigenvalue weighted by atomic mass is 16.5. The van der Waals surface area contributed by atoms with Crippen molar-refractivity contribution in [2.24, 2.45) is 4.99 Å². The highest BCUT2D eigenvalue weighted by molar-refractivity contribution is 5.79. The predicted octanol–water partition coefficient (Wildman–Crippen LogP) is 3.12. The van der Waals surface area contributed by atoms with Crippen LogP contribution in [-0.4, -0.2) is 59.2 Å². The Morgan fingerprint density at radius 3 is 2.66 bits per heavy atom. The summed E-state index contributed by atoms with van der Waals surface area (Å²) in [5.74, 6) is 2.39. The Bertz CT molecular complexity index is 604. The lowest BCUT2D eigenvalue weighted by molar-refractivity contribution is 0.0698. The van der Waals surface area contributed by atoms with Crippen LogP contribution < -0.4 is 20.1 Å². The van der Waals surface area contributed by atoms with E-state index in [4.69, 9.17) is 23.9 Å². The van der Waals surface area contributed by atoms with Gasteiger partial charge in [-0.3, -0.25) is 0 Å². The third kappa shape index (κ3) is 8.50. The number of hydrogen-bond acceptors (Lipinski definition) is 5. The quantitative estimate of drug-likeness (QED) is 0.297. The largest absolute Gasteiger partial charge is 0.493 e. The Morgan fingerprint density at radius 1 is 1.10 bits per heavy atom. The number of para-hydroxylation sites is 1. The van der Waals surface area contributed by atoms with Crippen LogP contribution in [0, 0.1) is 0 Å². The molecule has 0 saturated heterocycles. The summed E-state index contributed by atoms with van der Waals surface area (Å²) in [5, 5.41) is 6.65. The fourth-order valence-corrected chi connectivity index (χ4v) is 3.28. The van der Waals surface area contributed by atoms with Gasteiger partial charge in [-0.05, 0) is 45.1 Å². The molecular formula is C22H37N3O4. The molecule has 0 aromatic heterocycles. The van der Waals surface area contributed by atoms with Crippen LogP contribution in [-0.2, 0) is 16.0 Å². The normalized spacial score (nSPS) is 14.8. The lowest BCUT2D eigenvalue weighted by atomic mass is 10.1. The summed E-state index contributed by atoms with van der Waals surface area (Å²) in [6, 6.07) is 6.00. The molecule has 29 heavy (non-hydrogen) atoms. The van der Waals surface area contributed by atoms with E-state index < -0.39 is 0 Å². The topological polar surface area (TPSA) is 73.3 Å². The zero-order valence-corrected chi connectivity index (χ0v) is 18.2. The monoisotopic (exact) mass is 407 g/mol. The third-order valence-corrected chi connectivity index (χ3v) is 4.81. The number of benzene rings is 1. The van der Waals surface area contributed by atoms with Crippen molar-refractivity contribution in [1.82, 2.24) is 10.6 Å². The van der Waals surface area contributed by atoms with E-state index in [9.17, 15) is 0 Å². The summed E-state index contributed by atoms with van der Waals surface area (Å²) in [5.41, 5.74) is 1.04. The zero-order valence-electron chi connectivity index (χ0n) is 18.2. The molecule has 2 rings (SSSR count). The van der Waals surface area contributed by atoms with Gasteiger partial charge in [0.1, 0.15) is 0 Å². The van der Waals surface area contributed by atoms with Crippen molar-refractivity contribution in [3.63, 3.8) is 0 Å². The van der Waals surface area contributed by atoms with Gasteiger partial charge in [0, 0.05) is 32.4 Å². The zero-order chi connectivity index (χ0) is 20.7. The van der Waals surface area contributed by atoms with Crippen molar-refractivity contribution in [2.75, 3.05) is 47.1 Å². The summed E-state index contributed by atoms with van der Waals surface area (Å²) >= 11 is 0. The number of nitrogens with one attached hydrogen (secondary N) is 2. The molecule has 1 fully saturated rings. The van der Waals surface area contributed by atoms with Crippen LogP contribution in [0.2, 0.25) is 0 Å². The summed E-state index contributed by atoms with van der Waals surface area (Å²) in [6.07, 6.45) is 5.87. The molecule has 0 heterocycles. The first-order valence-electron chi connectivity index (χ1n) is 10.7. The molecule has 7 nitrogen and oxygen atoms in total. The molecule has 164 valence electrons. The summed E-state index contributed by atoms with van der Waals surface area (Å²) in [4.78, 5) is 4.74. The van der Waals surface area contributed by atoms with Crippen LogP contribution in [0.1, 0.15) is 44.6 Å². The molecule has 0 spiro atoms. The van der Waals surface area contributed by atoms with Crippen LogP contribution in [0.3, 0.4) is 0 Å². The van der Waals surface area contributed by atoms with E-state index in [-0.39, 0.29) is 6.10 Å². The van der Waals surface area contributed by atoms with E-state index >= 15 is 0 Å². The second-order valence-electron chi connectivity index (χ2n) is 7.05. The molecule has 1 aromatic carbocycles. The van der Waals surface area contributed by atoms with E-state index in [0.29, 0.717) is 26.4 Å². The van der Waals surface area contributed by atoms with Crippen LogP contribution >= 0.6 is 0 Å². The van der Waals surface area contributed by atoms with Gasteiger partial charge in [0.2, 0.25) is 0 Å². The number of aliphatic imine (C=N–C) groups is 1. The van der Waals surface area contributed by atoms with Crippen molar-refractivity contribution in [3.05, 3.63) is 23.8 Å². The van der Waals surface area contributed by atoms with E-state index in [0.717, 1.165) is 55.4 Å². The second-order valence-corrected chi connectivity index (χ2v) is 7.05. The first-order valence-corrected chi connectivity index (χ1v) is 10.7. The Hall–Kier alpha value is -1.99. The number of nitrogens with zero attached hydrogens (tertiary/aromatic N) is 1. The van der Waals surface area contributed by atoms with E-state index in [1.807, 2.05) is 12.1 Å². The molecule has 0 amide bonds. The fourth-order valence-electron chi connectivity index (χ4n) is 3.28. The minimum atomic E-state index is 0.276. The highest BCUT2D eigenvalue weighted by Crippen LogP contribution is 2.35. The van der Waals surface area contributed by atoms with Crippen molar-refractivity contribution in [3.8, 4) is 11.5 Å². The van der Waals surface area contributed by atoms with E-state index in [1.54, 1.807) is 14.2 Å². The molecule has 0 aliphatic heterocycles. The standard InChI is InChI=1S/C22H37N3O4/c1-4-23-22(24-13-8-14-28-16-15-26-2)25-17-18-9-7-12-20(27-3)21(18)29-19-10-5-6-11-19/h7,9,12,19H,4-6,8,10-11,13-17H2,1-3H3,(H2,23,24,25). The molecule has 1 aliphatic rings. The first-order chi connectivity index (χ1) is 14.3. The second kappa shape index (κ2) is 14.1.